The average Bonchev–Trinajstić information content (AvgIpc) is 3.12. The summed E-state index contributed by atoms with van der Waals surface area (Å²) in [5, 5.41) is 8.35. The molecule has 0 saturated heterocycles. The van der Waals surface area contributed by atoms with Crippen molar-refractivity contribution in [3.8, 4) is 0 Å². The van der Waals surface area contributed by atoms with Crippen molar-refractivity contribution in [3.63, 3.8) is 0 Å². The van der Waals surface area contributed by atoms with Crippen molar-refractivity contribution in [1.82, 2.24) is 24.3 Å². The van der Waals surface area contributed by atoms with Gasteiger partial charge in [-0.05, 0) is 19.8 Å². The number of sulfonamides is 1. The number of carbonyl (C=O) groups is 1. The highest BCUT2D eigenvalue weighted by Crippen LogP contribution is 2.33. The zero-order valence-corrected chi connectivity index (χ0v) is 15.5. The first-order chi connectivity index (χ1) is 11.8. The van der Waals surface area contributed by atoms with Gasteiger partial charge >= 0.3 is 0 Å². The molecule has 1 aliphatic rings. The summed E-state index contributed by atoms with van der Waals surface area (Å²) in [4.78, 5) is 12.7. The number of hydrogen-bond donors (Lipinski definition) is 1. The third kappa shape index (κ3) is 3.46. The van der Waals surface area contributed by atoms with Crippen LogP contribution in [-0.4, -0.2) is 33.9 Å². The van der Waals surface area contributed by atoms with E-state index >= 15 is 0 Å². The van der Waals surface area contributed by atoms with E-state index < -0.39 is 15.9 Å². The van der Waals surface area contributed by atoms with Gasteiger partial charge in [-0.2, -0.15) is 10.2 Å². The number of rotatable bonds is 4. The van der Waals surface area contributed by atoms with E-state index in [1.165, 1.54) is 17.3 Å². The minimum Gasteiger partial charge on any atom is -0.275 e. The molecule has 8 nitrogen and oxygen atoms in total. The molecular weight excluding hydrogens is 342 g/mol. The molecule has 2 aromatic rings. The highest BCUT2D eigenvalue weighted by atomic mass is 32.2. The lowest BCUT2D eigenvalue weighted by Crippen LogP contribution is -2.31. The van der Waals surface area contributed by atoms with Crippen LogP contribution in [0.5, 0.6) is 0 Å². The van der Waals surface area contributed by atoms with Gasteiger partial charge in [-0.1, -0.05) is 19.3 Å². The molecule has 1 saturated carbocycles. The Bertz CT molecular complexity index is 891. The minimum absolute atomic E-state index is 0.00598. The highest BCUT2D eigenvalue weighted by molar-refractivity contribution is 7.90. The quantitative estimate of drug-likeness (QED) is 0.888. The summed E-state index contributed by atoms with van der Waals surface area (Å²) in [6.07, 6.45) is 8.20. The lowest BCUT2D eigenvalue weighted by atomic mass is 9.85. The summed E-state index contributed by atoms with van der Waals surface area (Å²) >= 11 is 0. The summed E-state index contributed by atoms with van der Waals surface area (Å²) in [5.41, 5.74) is 1.50. The van der Waals surface area contributed by atoms with E-state index in [0.29, 0.717) is 17.0 Å². The van der Waals surface area contributed by atoms with Crippen LogP contribution < -0.4 is 4.72 Å². The van der Waals surface area contributed by atoms with Gasteiger partial charge in [0, 0.05) is 26.2 Å². The van der Waals surface area contributed by atoms with E-state index in [0.717, 1.165) is 25.7 Å². The SMILES string of the molecule is Cc1c(S(=O)(=O)NC(=O)c2cn(C)nc2C2CCCCC2)cnn1C. The summed E-state index contributed by atoms with van der Waals surface area (Å²) in [5.74, 6) is -0.435. The maximum Gasteiger partial charge on any atom is 0.268 e. The third-order valence-electron chi connectivity index (χ3n) is 4.80. The van der Waals surface area contributed by atoms with Crippen molar-refractivity contribution < 1.29 is 13.2 Å². The molecule has 0 aromatic carbocycles. The van der Waals surface area contributed by atoms with Gasteiger partial charge in [-0.15, -0.1) is 0 Å². The fraction of sp³-hybridized carbons (Fsp3) is 0.562. The molecule has 1 N–H and O–H groups in total. The smallest absolute Gasteiger partial charge is 0.268 e. The molecule has 25 heavy (non-hydrogen) atoms. The predicted molar refractivity (Wildman–Crippen MR) is 91.6 cm³/mol. The van der Waals surface area contributed by atoms with E-state index in [2.05, 4.69) is 14.9 Å². The number of amides is 1. The van der Waals surface area contributed by atoms with Crippen LogP contribution in [0, 0.1) is 6.92 Å². The van der Waals surface area contributed by atoms with Crippen molar-refractivity contribution in [2.75, 3.05) is 0 Å². The second-order valence-corrected chi connectivity index (χ2v) is 8.24. The van der Waals surface area contributed by atoms with Crippen molar-refractivity contribution in [2.24, 2.45) is 14.1 Å². The zero-order chi connectivity index (χ0) is 18.2. The maximum atomic E-state index is 12.7. The average molecular weight is 365 g/mol. The topological polar surface area (TPSA) is 98.9 Å². The molecule has 0 radical (unpaired) electrons. The molecule has 0 spiro atoms. The standard InChI is InChI=1S/C16H23N5O3S/c1-11-14(9-17-21(11)3)25(23,24)19-16(22)13-10-20(2)18-15(13)12-7-5-4-6-8-12/h9-10,12H,4-8H2,1-3H3,(H,19,22). The first-order valence-corrected chi connectivity index (χ1v) is 9.87. The molecule has 2 aromatic heterocycles. The van der Waals surface area contributed by atoms with Crippen molar-refractivity contribution in [3.05, 3.63) is 29.3 Å². The lowest BCUT2D eigenvalue weighted by Gasteiger charge is -2.20. The molecule has 1 fully saturated rings. The van der Waals surface area contributed by atoms with Crippen LogP contribution in [0.3, 0.4) is 0 Å². The van der Waals surface area contributed by atoms with Gasteiger partial charge in [-0.25, -0.2) is 13.1 Å². The van der Waals surface area contributed by atoms with E-state index in [1.54, 1.807) is 31.9 Å². The van der Waals surface area contributed by atoms with Crippen LogP contribution in [-0.2, 0) is 24.1 Å². The molecule has 9 heteroatoms. The molecule has 0 aliphatic heterocycles. The van der Waals surface area contributed by atoms with Gasteiger partial charge in [0.1, 0.15) is 4.90 Å². The number of nitrogens with zero attached hydrogens (tertiary/aromatic N) is 4. The monoisotopic (exact) mass is 365 g/mol. The molecule has 0 unspecified atom stereocenters. The van der Waals surface area contributed by atoms with Crippen LogP contribution >= 0.6 is 0 Å². The lowest BCUT2D eigenvalue weighted by molar-refractivity contribution is 0.0979. The van der Waals surface area contributed by atoms with Gasteiger partial charge in [0.05, 0.1) is 23.1 Å². The molecule has 0 bridgehead atoms. The van der Waals surface area contributed by atoms with Crippen LogP contribution in [0.1, 0.15) is 59.8 Å². The van der Waals surface area contributed by atoms with Gasteiger partial charge in [-0.3, -0.25) is 14.2 Å². The summed E-state index contributed by atoms with van der Waals surface area (Å²) < 4.78 is 30.3. The van der Waals surface area contributed by atoms with Crippen molar-refractivity contribution in [2.45, 2.75) is 49.8 Å². The maximum absolute atomic E-state index is 12.7. The van der Waals surface area contributed by atoms with Crippen LogP contribution in [0.25, 0.3) is 0 Å². The highest BCUT2D eigenvalue weighted by Gasteiger charge is 2.28. The largest absolute Gasteiger partial charge is 0.275 e. The van der Waals surface area contributed by atoms with E-state index in [9.17, 15) is 13.2 Å². The van der Waals surface area contributed by atoms with Gasteiger partial charge < -0.3 is 0 Å². The van der Waals surface area contributed by atoms with E-state index in [1.807, 2.05) is 0 Å². The predicted octanol–water partition coefficient (Wildman–Crippen LogP) is 1.63. The number of nitrogens with one attached hydrogen (secondary N) is 1. The first kappa shape index (κ1) is 17.7. The molecular formula is C16H23N5O3S. The van der Waals surface area contributed by atoms with Crippen molar-refractivity contribution in [1.29, 1.82) is 0 Å². The molecule has 1 amide bonds. The van der Waals surface area contributed by atoms with Crippen LogP contribution in [0.15, 0.2) is 17.3 Å². The second-order valence-electron chi connectivity index (χ2n) is 6.59. The normalized spacial score (nSPS) is 16.1. The van der Waals surface area contributed by atoms with E-state index in [-0.39, 0.29) is 10.8 Å². The Morgan fingerprint density at radius 1 is 1.24 bits per heavy atom. The Kier molecular flexibility index (Phi) is 4.68. The third-order valence-corrected chi connectivity index (χ3v) is 6.23. The second kappa shape index (κ2) is 6.62. The van der Waals surface area contributed by atoms with E-state index in [4.69, 9.17) is 0 Å². The summed E-state index contributed by atoms with van der Waals surface area (Å²) in [6, 6.07) is 0. The fourth-order valence-corrected chi connectivity index (χ4v) is 4.50. The van der Waals surface area contributed by atoms with Gasteiger partial charge in [0.15, 0.2) is 0 Å². The molecule has 2 heterocycles. The fourth-order valence-electron chi connectivity index (χ4n) is 3.33. The molecule has 3 rings (SSSR count). The Labute approximate surface area is 147 Å². The van der Waals surface area contributed by atoms with Gasteiger partial charge in [0.25, 0.3) is 15.9 Å². The summed E-state index contributed by atoms with van der Waals surface area (Å²) in [7, 11) is -0.585. The number of aryl methyl sites for hydroxylation is 2. The molecule has 1 aliphatic carbocycles. The summed E-state index contributed by atoms with van der Waals surface area (Å²) in [6.45, 7) is 1.64. The number of hydrogen-bond acceptors (Lipinski definition) is 5. The Morgan fingerprint density at radius 2 is 1.92 bits per heavy atom. The van der Waals surface area contributed by atoms with Gasteiger partial charge in [0.2, 0.25) is 0 Å². The van der Waals surface area contributed by atoms with Crippen molar-refractivity contribution >= 4 is 15.9 Å². The van der Waals surface area contributed by atoms with Crippen LogP contribution in [0.4, 0.5) is 0 Å². The molecule has 136 valence electrons. The zero-order valence-electron chi connectivity index (χ0n) is 14.7. The Balaban J connectivity index is 1.87. The van der Waals surface area contributed by atoms with Crippen LogP contribution in [0.2, 0.25) is 0 Å². The Hall–Kier alpha value is -2.16. The number of carbonyl (C=O) groups excluding carboxylic acids is 1. The molecule has 0 atom stereocenters. The number of aromatic nitrogens is 4. The first-order valence-electron chi connectivity index (χ1n) is 8.39. The Morgan fingerprint density at radius 3 is 2.52 bits per heavy atom. The minimum atomic E-state index is -3.98.